The quantitative estimate of drug-likeness (QED) is 0.543. The monoisotopic (exact) mass is 406 g/mol. The van der Waals surface area contributed by atoms with Gasteiger partial charge >= 0.3 is 6.03 Å². The maximum absolute atomic E-state index is 13.2. The number of benzene rings is 2. The van der Waals surface area contributed by atoms with Gasteiger partial charge in [0.2, 0.25) is 0 Å². The summed E-state index contributed by atoms with van der Waals surface area (Å²) < 4.78 is 7.79. The first-order valence-corrected chi connectivity index (χ1v) is 10.4. The molecule has 1 heterocycles. The maximum atomic E-state index is 13.2. The number of para-hydroxylation sites is 2. The highest BCUT2D eigenvalue weighted by molar-refractivity contribution is 5.91. The van der Waals surface area contributed by atoms with Crippen LogP contribution >= 0.6 is 0 Å². The zero-order chi connectivity index (χ0) is 21.3. The summed E-state index contributed by atoms with van der Waals surface area (Å²) in [7, 11) is 0. The second-order valence-electron chi connectivity index (χ2n) is 7.31. The molecule has 0 saturated carbocycles. The van der Waals surface area contributed by atoms with Gasteiger partial charge in [-0.15, -0.1) is 0 Å². The van der Waals surface area contributed by atoms with Gasteiger partial charge in [0.1, 0.15) is 5.75 Å². The molecule has 0 saturated heterocycles. The van der Waals surface area contributed by atoms with Crippen molar-refractivity contribution >= 4 is 11.7 Å². The Hall–Kier alpha value is -3.28. The number of nitrogens with zero attached hydrogens (tertiary/aromatic N) is 3. The van der Waals surface area contributed by atoms with Gasteiger partial charge in [-0.25, -0.2) is 9.78 Å². The number of nitrogens with one attached hydrogen (secondary N) is 1. The third-order valence-corrected chi connectivity index (χ3v) is 5.04. The van der Waals surface area contributed by atoms with Crippen molar-refractivity contribution in [2.45, 2.75) is 40.3 Å². The first-order valence-electron chi connectivity index (χ1n) is 10.4. The number of carbonyl (C=O) groups excluding carboxylic acids is 1. The number of rotatable bonds is 9. The van der Waals surface area contributed by atoms with Crippen LogP contribution in [0.15, 0.2) is 61.2 Å². The van der Waals surface area contributed by atoms with Gasteiger partial charge in [0.25, 0.3) is 0 Å². The molecule has 3 aromatic rings. The second kappa shape index (κ2) is 10.5. The molecule has 30 heavy (non-hydrogen) atoms. The van der Waals surface area contributed by atoms with Gasteiger partial charge in [0.05, 0.1) is 19.5 Å². The molecule has 0 aliphatic heterocycles. The summed E-state index contributed by atoms with van der Waals surface area (Å²) in [6.45, 7) is 8.49. The number of ether oxygens (including phenoxy) is 1. The average Bonchev–Trinajstić information content (AvgIpc) is 3.25. The van der Waals surface area contributed by atoms with E-state index < -0.39 is 0 Å². The first-order chi connectivity index (χ1) is 14.6. The van der Waals surface area contributed by atoms with Crippen molar-refractivity contribution in [1.29, 1.82) is 0 Å². The minimum atomic E-state index is -0.107. The van der Waals surface area contributed by atoms with Gasteiger partial charge in [0.15, 0.2) is 0 Å². The zero-order valence-corrected chi connectivity index (χ0v) is 18.0. The van der Waals surface area contributed by atoms with E-state index in [0.29, 0.717) is 19.7 Å². The molecular formula is C24H30N4O2. The minimum Gasteiger partial charge on any atom is -0.494 e. The molecular weight excluding hydrogens is 376 g/mol. The van der Waals surface area contributed by atoms with Crippen molar-refractivity contribution in [3.05, 3.63) is 77.9 Å². The van der Waals surface area contributed by atoms with Crippen LogP contribution in [0.25, 0.3) is 0 Å². The normalized spacial score (nSPS) is 10.6. The molecule has 0 spiro atoms. The highest BCUT2D eigenvalue weighted by atomic mass is 16.5. The molecule has 0 aliphatic rings. The topological polar surface area (TPSA) is 59.4 Å². The van der Waals surface area contributed by atoms with E-state index >= 15 is 0 Å². The fourth-order valence-electron chi connectivity index (χ4n) is 3.45. The van der Waals surface area contributed by atoms with Crippen LogP contribution < -0.4 is 10.1 Å². The van der Waals surface area contributed by atoms with Crippen LogP contribution in [0.2, 0.25) is 0 Å². The van der Waals surface area contributed by atoms with Crippen molar-refractivity contribution in [3.8, 4) is 5.75 Å². The molecule has 0 aliphatic carbocycles. The SMILES string of the molecule is CCOc1ccccc1CN(CCCn1ccnc1)C(=O)Nc1c(C)cccc1C. The van der Waals surface area contributed by atoms with E-state index in [2.05, 4.69) is 10.3 Å². The number of hydrogen-bond donors (Lipinski definition) is 1. The smallest absolute Gasteiger partial charge is 0.322 e. The zero-order valence-electron chi connectivity index (χ0n) is 18.0. The van der Waals surface area contributed by atoms with Crippen molar-refractivity contribution in [1.82, 2.24) is 14.5 Å². The largest absolute Gasteiger partial charge is 0.494 e. The number of carbonyl (C=O) groups is 1. The molecule has 2 aromatic carbocycles. The molecule has 6 heteroatoms. The van der Waals surface area contributed by atoms with Gasteiger partial charge in [-0.05, 0) is 44.4 Å². The molecule has 2 amide bonds. The third kappa shape index (κ3) is 5.63. The molecule has 1 N–H and O–H groups in total. The Morgan fingerprint density at radius 2 is 1.90 bits per heavy atom. The first kappa shape index (κ1) is 21.4. The van der Waals surface area contributed by atoms with Gasteiger partial charge in [-0.2, -0.15) is 0 Å². The molecule has 0 atom stereocenters. The Morgan fingerprint density at radius 3 is 2.60 bits per heavy atom. The predicted molar refractivity (Wildman–Crippen MR) is 120 cm³/mol. The summed E-state index contributed by atoms with van der Waals surface area (Å²) in [6.07, 6.45) is 6.33. The lowest BCUT2D eigenvalue weighted by molar-refractivity contribution is 0.206. The summed E-state index contributed by atoms with van der Waals surface area (Å²) in [5, 5.41) is 3.12. The number of amides is 2. The maximum Gasteiger partial charge on any atom is 0.322 e. The van der Waals surface area contributed by atoms with E-state index in [1.165, 1.54) is 0 Å². The lowest BCUT2D eigenvalue weighted by Gasteiger charge is -2.25. The van der Waals surface area contributed by atoms with Crippen LogP contribution in [0.5, 0.6) is 5.75 Å². The van der Waals surface area contributed by atoms with E-state index in [4.69, 9.17) is 4.74 Å². The van der Waals surface area contributed by atoms with E-state index in [1.54, 1.807) is 12.5 Å². The molecule has 0 radical (unpaired) electrons. The van der Waals surface area contributed by atoms with Crippen LogP contribution in [0, 0.1) is 13.8 Å². The molecule has 3 rings (SSSR count). The van der Waals surface area contributed by atoms with Crippen LogP contribution in [0.1, 0.15) is 30.0 Å². The van der Waals surface area contributed by atoms with E-state index in [-0.39, 0.29) is 6.03 Å². The van der Waals surface area contributed by atoms with Gasteiger partial charge in [-0.1, -0.05) is 36.4 Å². The lowest BCUT2D eigenvalue weighted by atomic mass is 10.1. The summed E-state index contributed by atoms with van der Waals surface area (Å²) in [5.74, 6) is 0.819. The van der Waals surface area contributed by atoms with Crippen molar-refractivity contribution in [2.75, 3.05) is 18.5 Å². The summed E-state index contributed by atoms with van der Waals surface area (Å²) >= 11 is 0. The highest BCUT2D eigenvalue weighted by Gasteiger charge is 2.17. The summed E-state index contributed by atoms with van der Waals surface area (Å²) in [5.41, 5.74) is 3.98. The predicted octanol–water partition coefficient (Wildman–Crippen LogP) is 5.02. The average molecular weight is 407 g/mol. The molecule has 6 nitrogen and oxygen atoms in total. The number of urea groups is 1. The fourth-order valence-corrected chi connectivity index (χ4v) is 3.45. The van der Waals surface area contributed by atoms with E-state index in [1.807, 2.05) is 78.9 Å². The summed E-state index contributed by atoms with van der Waals surface area (Å²) in [6, 6.07) is 13.8. The molecule has 158 valence electrons. The molecule has 1 aromatic heterocycles. The van der Waals surface area contributed by atoms with E-state index in [0.717, 1.165) is 41.1 Å². The Labute approximate surface area is 178 Å². The number of hydrogen-bond acceptors (Lipinski definition) is 3. The Kier molecular flexibility index (Phi) is 7.49. The van der Waals surface area contributed by atoms with Gasteiger partial charge in [0, 0.05) is 36.7 Å². The van der Waals surface area contributed by atoms with Crippen molar-refractivity contribution in [3.63, 3.8) is 0 Å². The Bertz CT molecular complexity index is 933. The van der Waals surface area contributed by atoms with Crippen LogP contribution in [-0.2, 0) is 13.1 Å². The lowest BCUT2D eigenvalue weighted by Crippen LogP contribution is -2.36. The Morgan fingerprint density at radius 1 is 1.13 bits per heavy atom. The minimum absolute atomic E-state index is 0.107. The van der Waals surface area contributed by atoms with Crippen LogP contribution in [0.3, 0.4) is 0 Å². The number of anilines is 1. The molecule has 0 fully saturated rings. The number of imidazole rings is 1. The second-order valence-corrected chi connectivity index (χ2v) is 7.31. The van der Waals surface area contributed by atoms with Gasteiger partial charge < -0.3 is 19.5 Å². The van der Waals surface area contributed by atoms with Gasteiger partial charge in [-0.3, -0.25) is 0 Å². The molecule has 0 unspecified atom stereocenters. The fraction of sp³-hybridized carbons (Fsp3) is 0.333. The van der Waals surface area contributed by atoms with Crippen LogP contribution in [0.4, 0.5) is 10.5 Å². The van der Waals surface area contributed by atoms with Crippen molar-refractivity contribution < 1.29 is 9.53 Å². The third-order valence-electron chi connectivity index (χ3n) is 5.04. The number of aromatic nitrogens is 2. The van der Waals surface area contributed by atoms with Crippen LogP contribution in [-0.4, -0.2) is 33.6 Å². The standard InChI is InChI=1S/C24H30N4O2/c1-4-30-22-12-6-5-11-21(22)17-28(15-8-14-27-16-13-25-18-27)24(29)26-23-19(2)9-7-10-20(23)3/h5-7,9-13,16,18H,4,8,14-15,17H2,1-3H3,(H,26,29). The Balaban J connectivity index is 1.76. The number of aryl methyl sites for hydroxylation is 3. The molecule has 0 bridgehead atoms. The summed E-state index contributed by atoms with van der Waals surface area (Å²) in [4.78, 5) is 19.2. The van der Waals surface area contributed by atoms with Crippen molar-refractivity contribution in [2.24, 2.45) is 0 Å². The van der Waals surface area contributed by atoms with E-state index in [9.17, 15) is 4.79 Å². The highest BCUT2D eigenvalue weighted by Crippen LogP contribution is 2.23.